The molecule has 2 fully saturated rings. The Balaban J connectivity index is 1.50. The van der Waals surface area contributed by atoms with Gasteiger partial charge >= 0.3 is 0 Å². The van der Waals surface area contributed by atoms with Crippen molar-refractivity contribution >= 4 is 33.4 Å². The Labute approximate surface area is 168 Å². The molecule has 1 N–H and O–H groups in total. The number of likely N-dealkylation sites (tertiary alicyclic amines) is 1. The molecule has 0 bridgehead atoms. The normalized spacial score (nSPS) is 21.2. The van der Waals surface area contributed by atoms with Crippen molar-refractivity contribution in [1.29, 1.82) is 0 Å². The number of hydrogen-bond acceptors (Lipinski definition) is 2. The molecule has 0 aromatic heterocycles. The van der Waals surface area contributed by atoms with E-state index in [1.807, 2.05) is 42.2 Å². The predicted octanol–water partition coefficient (Wildman–Crippen LogP) is 4.74. The molecule has 1 saturated carbocycles. The second kappa shape index (κ2) is 7.47. The molecule has 2 unspecified atom stereocenters. The maximum Gasteiger partial charge on any atom is 0.256 e. The third-order valence-corrected chi connectivity index (χ3v) is 6.09. The van der Waals surface area contributed by atoms with Crippen LogP contribution in [0.3, 0.4) is 0 Å². The maximum atomic E-state index is 12.9. The van der Waals surface area contributed by atoms with E-state index in [0.29, 0.717) is 11.3 Å². The van der Waals surface area contributed by atoms with Gasteiger partial charge in [-0.1, -0.05) is 40.2 Å². The fraction of sp³-hybridized carbons (Fsp3) is 0.364. The SMILES string of the molecule is Cc1cccc(NC(=O)C2CC2c2ccc(Br)cc2)c1C(=O)N1CCCC1. The number of aryl methyl sites for hydroxylation is 1. The van der Waals surface area contributed by atoms with Gasteiger partial charge in [0.25, 0.3) is 5.91 Å². The quantitative estimate of drug-likeness (QED) is 0.767. The first-order chi connectivity index (χ1) is 13.0. The smallest absolute Gasteiger partial charge is 0.256 e. The molecule has 1 aliphatic heterocycles. The lowest BCUT2D eigenvalue weighted by Crippen LogP contribution is -2.29. The van der Waals surface area contributed by atoms with Crippen LogP contribution in [0.2, 0.25) is 0 Å². The molecule has 2 amide bonds. The van der Waals surface area contributed by atoms with Gasteiger partial charge in [0, 0.05) is 23.5 Å². The first-order valence-electron chi connectivity index (χ1n) is 9.50. The highest BCUT2D eigenvalue weighted by molar-refractivity contribution is 9.10. The van der Waals surface area contributed by atoms with E-state index in [-0.39, 0.29) is 23.7 Å². The van der Waals surface area contributed by atoms with Gasteiger partial charge in [0.15, 0.2) is 0 Å². The zero-order valence-corrected chi connectivity index (χ0v) is 17.0. The lowest BCUT2D eigenvalue weighted by molar-refractivity contribution is -0.117. The van der Waals surface area contributed by atoms with E-state index < -0.39 is 0 Å². The fourth-order valence-corrected chi connectivity index (χ4v) is 4.19. The van der Waals surface area contributed by atoms with Crippen LogP contribution in [0.25, 0.3) is 0 Å². The van der Waals surface area contributed by atoms with Gasteiger partial charge in [0.05, 0.1) is 11.3 Å². The van der Waals surface area contributed by atoms with Crippen LogP contribution >= 0.6 is 15.9 Å². The molecule has 5 heteroatoms. The summed E-state index contributed by atoms with van der Waals surface area (Å²) in [6.07, 6.45) is 2.96. The number of benzene rings is 2. The number of amides is 2. The average molecular weight is 427 g/mol. The number of nitrogens with zero attached hydrogens (tertiary/aromatic N) is 1. The number of nitrogens with one attached hydrogen (secondary N) is 1. The molecule has 1 aliphatic carbocycles. The number of anilines is 1. The van der Waals surface area contributed by atoms with E-state index in [1.165, 1.54) is 5.56 Å². The average Bonchev–Trinajstić information content (AvgIpc) is 3.26. The van der Waals surface area contributed by atoms with Crippen molar-refractivity contribution in [3.63, 3.8) is 0 Å². The number of hydrogen-bond donors (Lipinski definition) is 1. The van der Waals surface area contributed by atoms with Gasteiger partial charge in [0.2, 0.25) is 5.91 Å². The minimum atomic E-state index is -0.0265. The summed E-state index contributed by atoms with van der Waals surface area (Å²) in [5.41, 5.74) is 3.37. The molecule has 2 aliphatic rings. The largest absolute Gasteiger partial charge is 0.339 e. The summed E-state index contributed by atoms with van der Waals surface area (Å²) >= 11 is 3.44. The van der Waals surface area contributed by atoms with E-state index in [9.17, 15) is 9.59 Å². The van der Waals surface area contributed by atoms with E-state index in [0.717, 1.165) is 42.4 Å². The van der Waals surface area contributed by atoms with Crippen LogP contribution < -0.4 is 5.32 Å². The molecule has 2 aromatic carbocycles. The van der Waals surface area contributed by atoms with Crippen LogP contribution in [-0.2, 0) is 4.79 Å². The van der Waals surface area contributed by atoms with Gasteiger partial charge in [-0.05, 0) is 61.4 Å². The molecule has 1 saturated heterocycles. The Morgan fingerprint density at radius 1 is 1.07 bits per heavy atom. The standard InChI is InChI=1S/C22H23BrN2O2/c1-14-5-4-6-19(20(14)22(27)25-11-2-3-12-25)24-21(26)18-13-17(18)15-7-9-16(23)10-8-15/h4-10,17-18H,2-3,11-13H2,1H3,(H,24,26). The molecular weight excluding hydrogens is 404 g/mol. The lowest BCUT2D eigenvalue weighted by atomic mass is 10.0. The summed E-state index contributed by atoms with van der Waals surface area (Å²) < 4.78 is 1.04. The van der Waals surface area contributed by atoms with Crippen molar-refractivity contribution in [1.82, 2.24) is 4.90 Å². The summed E-state index contributed by atoms with van der Waals surface area (Å²) in [4.78, 5) is 27.6. The van der Waals surface area contributed by atoms with Gasteiger partial charge in [-0.15, -0.1) is 0 Å². The van der Waals surface area contributed by atoms with Gasteiger partial charge in [-0.2, -0.15) is 0 Å². The van der Waals surface area contributed by atoms with Crippen molar-refractivity contribution in [2.75, 3.05) is 18.4 Å². The summed E-state index contributed by atoms with van der Waals surface area (Å²) in [6.45, 7) is 3.53. The molecule has 0 spiro atoms. The fourth-order valence-electron chi connectivity index (χ4n) is 3.92. The van der Waals surface area contributed by atoms with Crippen molar-refractivity contribution in [2.45, 2.75) is 32.1 Å². The first-order valence-corrected chi connectivity index (χ1v) is 10.3. The van der Waals surface area contributed by atoms with Crippen molar-refractivity contribution in [3.05, 3.63) is 63.6 Å². The van der Waals surface area contributed by atoms with Crippen LogP contribution in [0.15, 0.2) is 46.9 Å². The second-order valence-corrected chi connectivity index (χ2v) is 8.40. The third-order valence-electron chi connectivity index (χ3n) is 5.56. The van der Waals surface area contributed by atoms with Crippen LogP contribution in [0.5, 0.6) is 0 Å². The van der Waals surface area contributed by atoms with Gasteiger partial charge in [-0.25, -0.2) is 0 Å². The molecule has 2 atom stereocenters. The van der Waals surface area contributed by atoms with E-state index in [1.54, 1.807) is 0 Å². The monoisotopic (exact) mass is 426 g/mol. The van der Waals surface area contributed by atoms with Gasteiger partial charge in [-0.3, -0.25) is 9.59 Å². The molecule has 4 rings (SSSR count). The number of halogens is 1. The molecule has 2 aromatic rings. The van der Waals surface area contributed by atoms with E-state index in [4.69, 9.17) is 0 Å². The molecule has 0 radical (unpaired) electrons. The lowest BCUT2D eigenvalue weighted by Gasteiger charge is -2.19. The van der Waals surface area contributed by atoms with Gasteiger partial charge in [0.1, 0.15) is 0 Å². The van der Waals surface area contributed by atoms with Crippen LogP contribution in [0.4, 0.5) is 5.69 Å². The molecule has 1 heterocycles. The van der Waals surface area contributed by atoms with Crippen molar-refractivity contribution < 1.29 is 9.59 Å². The zero-order valence-electron chi connectivity index (χ0n) is 15.4. The number of rotatable bonds is 4. The maximum absolute atomic E-state index is 12.9. The Bertz CT molecular complexity index is 872. The van der Waals surface area contributed by atoms with E-state index >= 15 is 0 Å². The molecule has 4 nitrogen and oxygen atoms in total. The Morgan fingerprint density at radius 2 is 1.78 bits per heavy atom. The summed E-state index contributed by atoms with van der Waals surface area (Å²) in [7, 11) is 0. The van der Waals surface area contributed by atoms with E-state index in [2.05, 4.69) is 33.4 Å². The number of carbonyl (C=O) groups excluding carboxylic acids is 2. The highest BCUT2D eigenvalue weighted by Gasteiger charge is 2.44. The predicted molar refractivity (Wildman–Crippen MR) is 110 cm³/mol. The Morgan fingerprint density at radius 3 is 2.48 bits per heavy atom. The number of carbonyl (C=O) groups is 2. The summed E-state index contributed by atoms with van der Waals surface area (Å²) in [5, 5.41) is 3.03. The molecular formula is C22H23BrN2O2. The van der Waals surface area contributed by atoms with Crippen LogP contribution in [0, 0.1) is 12.8 Å². The topological polar surface area (TPSA) is 49.4 Å². The highest BCUT2D eigenvalue weighted by Crippen LogP contribution is 2.48. The molecule has 27 heavy (non-hydrogen) atoms. The Hall–Kier alpha value is -2.14. The minimum absolute atomic E-state index is 0.00370. The van der Waals surface area contributed by atoms with Crippen molar-refractivity contribution in [3.8, 4) is 0 Å². The van der Waals surface area contributed by atoms with Crippen molar-refractivity contribution in [2.24, 2.45) is 5.92 Å². The van der Waals surface area contributed by atoms with Gasteiger partial charge < -0.3 is 10.2 Å². The molecule has 140 valence electrons. The summed E-state index contributed by atoms with van der Waals surface area (Å²) in [5.74, 6) is 0.271. The first kappa shape index (κ1) is 18.2. The van der Waals surface area contributed by atoms with Crippen LogP contribution in [0.1, 0.15) is 46.7 Å². The summed E-state index contributed by atoms with van der Waals surface area (Å²) in [6, 6.07) is 13.8. The third kappa shape index (κ3) is 3.79. The Kier molecular flexibility index (Phi) is 5.04. The van der Waals surface area contributed by atoms with Crippen LogP contribution in [-0.4, -0.2) is 29.8 Å². The highest BCUT2D eigenvalue weighted by atomic mass is 79.9. The zero-order chi connectivity index (χ0) is 19.0. The minimum Gasteiger partial charge on any atom is -0.339 e. The second-order valence-electron chi connectivity index (χ2n) is 7.49.